The Bertz CT molecular complexity index is 867. The Balaban J connectivity index is 1.78. The summed E-state index contributed by atoms with van der Waals surface area (Å²) in [7, 11) is -3.44. The summed E-state index contributed by atoms with van der Waals surface area (Å²) in [5.74, 6) is -0.00918. The maximum atomic E-state index is 12.6. The van der Waals surface area contributed by atoms with Gasteiger partial charge in [-0.05, 0) is 44.9 Å². The van der Waals surface area contributed by atoms with E-state index < -0.39 is 10.0 Å². The number of aromatic nitrogens is 2. The van der Waals surface area contributed by atoms with Gasteiger partial charge in [0.25, 0.3) is 0 Å². The Morgan fingerprint density at radius 1 is 1.28 bits per heavy atom. The molecule has 1 aliphatic heterocycles. The van der Waals surface area contributed by atoms with Crippen LogP contribution in [0, 0.1) is 0 Å². The van der Waals surface area contributed by atoms with Gasteiger partial charge in [-0.2, -0.15) is 4.31 Å². The van der Waals surface area contributed by atoms with Crippen LogP contribution in [0.25, 0.3) is 11.0 Å². The summed E-state index contributed by atoms with van der Waals surface area (Å²) in [6.07, 6.45) is 3.83. The summed E-state index contributed by atoms with van der Waals surface area (Å²) in [5, 5.41) is 2.86. The molecule has 1 aromatic carbocycles. The van der Waals surface area contributed by atoms with Crippen molar-refractivity contribution in [2.45, 2.75) is 50.6 Å². The summed E-state index contributed by atoms with van der Waals surface area (Å²) in [5.41, 5.74) is 1.46. The van der Waals surface area contributed by atoms with Gasteiger partial charge in [0.15, 0.2) is 0 Å². The van der Waals surface area contributed by atoms with Crippen molar-refractivity contribution in [2.75, 3.05) is 13.1 Å². The monoisotopic (exact) mass is 364 g/mol. The number of hydrogen-bond acceptors (Lipinski definition) is 4. The highest BCUT2D eigenvalue weighted by Crippen LogP contribution is 2.24. The Morgan fingerprint density at radius 3 is 2.68 bits per heavy atom. The molecule has 0 bridgehead atoms. The van der Waals surface area contributed by atoms with Crippen LogP contribution in [-0.4, -0.2) is 47.3 Å². The summed E-state index contributed by atoms with van der Waals surface area (Å²) < 4.78 is 28.7. The molecule has 0 atom stereocenters. The molecule has 1 fully saturated rings. The number of carbonyl (C=O) groups excluding carboxylic acids is 1. The van der Waals surface area contributed by atoms with Crippen molar-refractivity contribution in [1.29, 1.82) is 0 Å². The SMILES string of the molecule is CC(C)NC(=O)CCn1cnc2cc(S(=O)(=O)N3CCCC3)ccc21. The second-order valence-corrected chi connectivity index (χ2v) is 8.61. The molecule has 0 spiro atoms. The van der Waals surface area contributed by atoms with E-state index in [0.29, 0.717) is 31.6 Å². The molecule has 0 unspecified atom stereocenters. The summed E-state index contributed by atoms with van der Waals surface area (Å²) in [6, 6.07) is 5.13. The van der Waals surface area contributed by atoms with Crippen LogP contribution in [0.3, 0.4) is 0 Å². The molecule has 25 heavy (non-hydrogen) atoms. The highest BCUT2D eigenvalue weighted by Gasteiger charge is 2.27. The van der Waals surface area contributed by atoms with Gasteiger partial charge in [-0.3, -0.25) is 4.79 Å². The van der Waals surface area contributed by atoms with E-state index in [9.17, 15) is 13.2 Å². The van der Waals surface area contributed by atoms with E-state index in [1.54, 1.807) is 24.5 Å². The lowest BCUT2D eigenvalue weighted by atomic mass is 10.3. The molecule has 1 aromatic heterocycles. The van der Waals surface area contributed by atoms with Gasteiger partial charge in [0.05, 0.1) is 22.3 Å². The predicted molar refractivity (Wildman–Crippen MR) is 95.6 cm³/mol. The number of fused-ring (bicyclic) bond motifs is 1. The average Bonchev–Trinajstić information content (AvgIpc) is 3.22. The predicted octanol–water partition coefficient (Wildman–Crippen LogP) is 1.74. The second kappa shape index (κ2) is 7.13. The van der Waals surface area contributed by atoms with Crippen LogP contribution in [0.2, 0.25) is 0 Å². The van der Waals surface area contributed by atoms with E-state index in [-0.39, 0.29) is 16.8 Å². The van der Waals surface area contributed by atoms with Gasteiger partial charge in [-0.15, -0.1) is 0 Å². The smallest absolute Gasteiger partial charge is 0.243 e. The van der Waals surface area contributed by atoms with Crippen molar-refractivity contribution in [3.63, 3.8) is 0 Å². The quantitative estimate of drug-likeness (QED) is 0.846. The first kappa shape index (κ1) is 17.9. The molecular weight excluding hydrogens is 340 g/mol. The molecule has 1 N–H and O–H groups in total. The molecule has 8 heteroatoms. The van der Waals surface area contributed by atoms with Crippen molar-refractivity contribution < 1.29 is 13.2 Å². The maximum Gasteiger partial charge on any atom is 0.243 e. The first-order valence-corrected chi connectivity index (χ1v) is 10.1. The third-order valence-corrected chi connectivity index (χ3v) is 6.22. The number of carbonyl (C=O) groups is 1. The number of sulfonamides is 1. The van der Waals surface area contributed by atoms with E-state index >= 15 is 0 Å². The fourth-order valence-electron chi connectivity index (χ4n) is 3.08. The Hall–Kier alpha value is -1.93. The molecule has 3 rings (SSSR count). The van der Waals surface area contributed by atoms with Gasteiger partial charge < -0.3 is 9.88 Å². The standard InChI is InChI=1S/C17H24N4O3S/c1-13(2)19-17(22)7-10-20-12-18-15-11-14(5-6-16(15)20)25(23,24)21-8-3-4-9-21/h5-6,11-13H,3-4,7-10H2,1-2H3,(H,19,22). The molecule has 0 aliphatic carbocycles. The fraction of sp³-hybridized carbons (Fsp3) is 0.529. The topological polar surface area (TPSA) is 84.3 Å². The van der Waals surface area contributed by atoms with Gasteiger partial charge in [0.2, 0.25) is 15.9 Å². The van der Waals surface area contributed by atoms with Crippen LogP contribution in [0.15, 0.2) is 29.4 Å². The minimum absolute atomic E-state index is 0.00918. The first-order chi connectivity index (χ1) is 11.9. The summed E-state index contributed by atoms with van der Waals surface area (Å²) >= 11 is 0. The Kier molecular flexibility index (Phi) is 5.10. The third kappa shape index (κ3) is 3.85. The lowest BCUT2D eigenvalue weighted by molar-refractivity contribution is -0.121. The van der Waals surface area contributed by atoms with Gasteiger partial charge >= 0.3 is 0 Å². The molecular formula is C17H24N4O3S. The molecule has 1 aliphatic rings. The second-order valence-electron chi connectivity index (χ2n) is 6.67. The summed E-state index contributed by atoms with van der Waals surface area (Å²) in [4.78, 5) is 16.4. The zero-order valence-corrected chi connectivity index (χ0v) is 15.4. The molecule has 7 nitrogen and oxygen atoms in total. The van der Waals surface area contributed by atoms with Crippen LogP contribution in [0.5, 0.6) is 0 Å². The van der Waals surface area contributed by atoms with Crippen molar-refractivity contribution in [2.24, 2.45) is 0 Å². The molecule has 1 saturated heterocycles. The highest BCUT2D eigenvalue weighted by atomic mass is 32.2. The normalized spacial score (nSPS) is 16.0. The van der Waals surface area contributed by atoms with Crippen molar-refractivity contribution >= 4 is 27.0 Å². The molecule has 0 saturated carbocycles. The molecule has 1 amide bonds. The molecule has 2 heterocycles. The van der Waals surface area contributed by atoms with Crippen LogP contribution in [0.1, 0.15) is 33.1 Å². The minimum Gasteiger partial charge on any atom is -0.354 e. The average molecular weight is 364 g/mol. The number of aryl methyl sites for hydroxylation is 1. The highest BCUT2D eigenvalue weighted by molar-refractivity contribution is 7.89. The number of nitrogens with one attached hydrogen (secondary N) is 1. The van der Waals surface area contributed by atoms with E-state index in [1.807, 2.05) is 18.4 Å². The maximum absolute atomic E-state index is 12.6. The largest absolute Gasteiger partial charge is 0.354 e. The fourth-order valence-corrected chi connectivity index (χ4v) is 4.61. The number of imidazole rings is 1. The number of amides is 1. The number of nitrogens with zero attached hydrogens (tertiary/aromatic N) is 3. The Morgan fingerprint density at radius 2 is 2.00 bits per heavy atom. The first-order valence-electron chi connectivity index (χ1n) is 8.62. The zero-order chi connectivity index (χ0) is 18.0. The number of rotatable bonds is 6. The van der Waals surface area contributed by atoms with Crippen molar-refractivity contribution in [3.8, 4) is 0 Å². The number of hydrogen-bond donors (Lipinski definition) is 1. The molecule has 136 valence electrons. The Labute approximate surface area is 148 Å². The third-order valence-electron chi connectivity index (χ3n) is 4.32. The summed E-state index contributed by atoms with van der Waals surface area (Å²) in [6.45, 7) is 5.52. The van der Waals surface area contributed by atoms with Gasteiger partial charge in [-0.1, -0.05) is 0 Å². The van der Waals surface area contributed by atoms with Crippen LogP contribution in [0.4, 0.5) is 0 Å². The van der Waals surface area contributed by atoms with E-state index in [1.165, 1.54) is 4.31 Å². The van der Waals surface area contributed by atoms with Crippen LogP contribution in [-0.2, 0) is 21.4 Å². The van der Waals surface area contributed by atoms with Crippen molar-refractivity contribution in [1.82, 2.24) is 19.2 Å². The zero-order valence-electron chi connectivity index (χ0n) is 14.6. The molecule has 0 radical (unpaired) electrons. The van der Waals surface area contributed by atoms with E-state index in [2.05, 4.69) is 10.3 Å². The van der Waals surface area contributed by atoms with E-state index in [4.69, 9.17) is 0 Å². The van der Waals surface area contributed by atoms with Crippen LogP contribution >= 0.6 is 0 Å². The van der Waals surface area contributed by atoms with Gasteiger partial charge in [0, 0.05) is 32.1 Å². The van der Waals surface area contributed by atoms with Gasteiger partial charge in [0.1, 0.15) is 0 Å². The molecule has 2 aromatic rings. The van der Waals surface area contributed by atoms with Crippen molar-refractivity contribution in [3.05, 3.63) is 24.5 Å². The van der Waals surface area contributed by atoms with Crippen LogP contribution < -0.4 is 5.32 Å². The van der Waals surface area contributed by atoms with Gasteiger partial charge in [-0.25, -0.2) is 13.4 Å². The minimum atomic E-state index is -3.44. The lowest BCUT2D eigenvalue weighted by Gasteiger charge is -2.15. The number of benzene rings is 1. The lowest BCUT2D eigenvalue weighted by Crippen LogP contribution is -2.30. The van der Waals surface area contributed by atoms with E-state index in [0.717, 1.165) is 18.4 Å².